The number of amides is 2. The Morgan fingerprint density at radius 1 is 0.976 bits per heavy atom. The summed E-state index contributed by atoms with van der Waals surface area (Å²) in [4.78, 5) is 46.7. The molecule has 1 aromatic heterocycles. The zero-order valence-corrected chi connectivity index (χ0v) is 24.5. The molecule has 1 N–H and O–H groups in total. The van der Waals surface area contributed by atoms with Crippen molar-refractivity contribution >= 4 is 17.8 Å². The van der Waals surface area contributed by atoms with Crippen LogP contribution in [0.4, 0.5) is 0 Å². The van der Waals surface area contributed by atoms with E-state index in [0.717, 1.165) is 16.7 Å². The van der Waals surface area contributed by atoms with E-state index in [1.165, 1.54) is 0 Å². The van der Waals surface area contributed by atoms with Gasteiger partial charge in [0.2, 0.25) is 11.8 Å². The maximum Gasteiger partial charge on any atom is 0.321 e. The van der Waals surface area contributed by atoms with Crippen LogP contribution in [0.3, 0.4) is 0 Å². The average molecular weight is 570 g/mol. The van der Waals surface area contributed by atoms with Crippen LogP contribution in [0.2, 0.25) is 0 Å². The standard InChI is InChI=1S/C34H39N3O5/c1-4-41-33(40)34(24-11-6-5-7-12-24)19-16-27(26-13-8-9-15-29(26)34)32(39)37-21-17-25(18-22-37)36-30(38)28-14-10-20-35-31(28)42-23(2)3/h5-15,20,23,25,27H,4,16-19,21-22H2,1-3H3,(H,36,38)/t27-,34+/m0/s1. The van der Waals surface area contributed by atoms with Gasteiger partial charge in [0.15, 0.2) is 0 Å². The van der Waals surface area contributed by atoms with Crippen LogP contribution in [0.1, 0.15) is 79.4 Å². The van der Waals surface area contributed by atoms with Crippen molar-refractivity contribution in [2.75, 3.05) is 19.7 Å². The summed E-state index contributed by atoms with van der Waals surface area (Å²) in [6, 6.07) is 20.9. The highest BCUT2D eigenvalue weighted by Crippen LogP contribution is 2.48. The van der Waals surface area contributed by atoms with Crippen molar-refractivity contribution in [1.82, 2.24) is 15.2 Å². The Balaban J connectivity index is 1.30. The summed E-state index contributed by atoms with van der Waals surface area (Å²) in [6.45, 7) is 6.99. The van der Waals surface area contributed by atoms with Gasteiger partial charge in [-0.2, -0.15) is 0 Å². The number of carbonyl (C=O) groups excluding carboxylic acids is 3. The van der Waals surface area contributed by atoms with Crippen LogP contribution >= 0.6 is 0 Å². The Bertz CT molecular complexity index is 1420. The van der Waals surface area contributed by atoms with Crippen LogP contribution in [0.25, 0.3) is 0 Å². The van der Waals surface area contributed by atoms with E-state index in [1.54, 1.807) is 18.3 Å². The molecular formula is C34H39N3O5. The second kappa shape index (κ2) is 12.8. The first-order valence-electron chi connectivity index (χ1n) is 14.9. The van der Waals surface area contributed by atoms with Gasteiger partial charge < -0.3 is 19.7 Å². The summed E-state index contributed by atoms with van der Waals surface area (Å²) in [7, 11) is 0. The maximum absolute atomic E-state index is 14.0. The third kappa shape index (κ3) is 5.75. The van der Waals surface area contributed by atoms with E-state index in [-0.39, 0.29) is 42.5 Å². The van der Waals surface area contributed by atoms with Crippen LogP contribution < -0.4 is 10.1 Å². The summed E-state index contributed by atoms with van der Waals surface area (Å²) in [5.41, 5.74) is 2.07. The fourth-order valence-electron chi connectivity index (χ4n) is 6.31. The van der Waals surface area contributed by atoms with E-state index in [4.69, 9.17) is 9.47 Å². The fourth-order valence-corrected chi connectivity index (χ4v) is 6.31. The van der Waals surface area contributed by atoms with E-state index < -0.39 is 5.41 Å². The highest BCUT2D eigenvalue weighted by Gasteiger charge is 2.50. The highest BCUT2D eigenvalue weighted by molar-refractivity contribution is 5.96. The van der Waals surface area contributed by atoms with Gasteiger partial charge in [-0.1, -0.05) is 54.6 Å². The molecule has 2 aliphatic rings. The smallest absolute Gasteiger partial charge is 0.321 e. The van der Waals surface area contributed by atoms with Gasteiger partial charge in [0.05, 0.1) is 18.6 Å². The lowest BCUT2D eigenvalue weighted by Crippen LogP contribution is -2.49. The van der Waals surface area contributed by atoms with Crippen molar-refractivity contribution in [2.24, 2.45) is 0 Å². The van der Waals surface area contributed by atoms with Gasteiger partial charge in [-0.05, 0) is 75.3 Å². The number of hydrogen-bond acceptors (Lipinski definition) is 6. The lowest BCUT2D eigenvalue weighted by Gasteiger charge is -2.42. The van der Waals surface area contributed by atoms with Crippen molar-refractivity contribution < 1.29 is 23.9 Å². The van der Waals surface area contributed by atoms with E-state index in [2.05, 4.69) is 10.3 Å². The van der Waals surface area contributed by atoms with Gasteiger partial charge in [0.1, 0.15) is 11.0 Å². The largest absolute Gasteiger partial charge is 0.474 e. The molecule has 0 bridgehead atoms. The molecule has 2 heterocycles. The van der Waals surface area contributed by atoms with Crippen LogP contribution in [0, 0.1) is 0 Å². The SMILES string of the molecule is CCOC(=O)[C@@]1(c2ccccc2)CC[C@H](C(=O)N2CCC(NC(=O)c3cccnc3OC(C)C)CC2)c2ccccc21. The summed E-state index contributed by atoms with van der Waals surface area (Å²) >= 11 is 0. The molecule has 2 amide bonds. The molecule has 1 fully saturated rings. The molecule has 1 aliphatic heterocycles. The molecule has 8 heteroatoms. The van der Waals surface area contributed by atoms with Gasteiger partial charge in [0, 0.05) is 25.3 Å². The molecule has 2 atom stereocenters. The molecular weight excluding hydrogens is 530 g/mol. The third-order valence-corrected chi connectivity index (χ3v) is 8.30. The number of nitrogens with one attached hydrogen (secondary N) is 1. The number of likely N-dealkylation sites (tertiary alicyclic amines) is 1. The molecule has 5 rings (SSSR count). The molecule has 0 spiro atoms. The Morgan fingerprint density at radius 2 is 1.69 bits per heavy atom. The number of esters is 1. The number of ether oxygens (including phenoxy) is 2. The van der Waals surface area contributed by atoms with Crippen LogP contribution in [-0.4, -0.2) is 59.5 Å². The predicted octanol–water partition coefficient (Wildman–Crippen LogP) is 5.02. The molecule has 0 saturated carbocycles. The fraction of sp³-hybridized carbons (Fsp3) is 0.412. The van der Waals surface area contributed by atoms with E-state index in [9.17, 15) is 14.4 Å². The van der Waals surface area contributed by atoms with Crippen molar-refractivity contribution in [2.45, 2.75) is 69.9 Å². The minimum Gasteiger partial charge on any atom is -0.474 e. The number of hydrogen-bond donors (Lipinski definition) is 1. The second-order valence-corrected chi connectivity index (χ2v) is 11.3. The zero-order chi connectivity index (χ0) is 29.7. The Hall–Kier alpha value is -4.20. The first-order valence-corrected chi connectivity index (χ1v) is 14.9. The Morgan fingerprint density at radius 3 is 2.40 bits per heavy atom. The summed E-state index contributed by atoms with van der Waals surface area (Å²) in [5.74, 6) is -0.451. The van der Waals surface area contributed by atoms with Crippen LogP contribution in [0.5, 0.6) is 5.88 Å². The molecule has 0 radical (unpaired) electrons. The number of rotatable bonds is 8. The number of nitrogens with zero attached hydrogens (tertiary/aromatic N) is 2. The van der Waals surface area contributed by atoms with E-state index in [0.29, 0.717) is 50.2 Å². The number of benzene rings is 2. The summed E-state index contributed by atoms with van der Waals surface area (Å²) in [5, 5.41) is 3.11. The number of piperidine rings is 1. The van der Waals surface area contributed by atoms with Crippen molar-refractivity contribution in [3.05, 3.63) is 95.2 Å². The summed E-state index contributed by atoms with van der Waals surface area (Å²) < 4.78 is 11.3. The van der Waals surface area contributed by atoms with Crippen molar-refractivity contribution in [3.63, 3.8) is 0 Å². The van der Waals surface area contributed by atoms with Gasteiger partial charge in [-0.3, -0.25) is 14.4 Å². The molecule has 1 aliphatic carbocycles. The first-order chi connectivity index (χ1) is 20.3. The lowest BCUT2D eigenvalue weighted by atomic mass is 9.63. The Labute approximate surface area is 247 Å². The van der Waals surface area contributed by atoms with E-state index >= 15 is 0 Å². The molecule has 220 valence electrons. The number of fused-ring (bicyclic) bond motifs is 1. The monoisotopic (exact) mass is 569 g/mol. The normalized spacial score (nSPS) is 20.5. The van der Waals surface area contributed by atoms with Gasteiger partial charge in [-0.15, -0.1) is 0 Å². The predicted molar refractivity (Wildman–Crippen MR) is 159 cm³/mol. The molecule has 8 nitrogen and oxygen atoms in total. The van der Waals surface area contributed by atoms with Crippen LogP contribution in [0.15, 0.2) is 72.9 Å². The number of aromatic nitrogens is 1. The minimum atomic E-state index is -0.952. The quantitative estimate of drug-likeness (QED) is 0.383. The molecule has 2 aromatic carbocycles. The highest BCUT2D eigenvalue weighted by atomic mass is 16.5. The molecule has 1 saturated heterocycles. The van der Waals surface area contributed by atoms with Crippen molar-refractivity contribution in [1.29, 1.82) is 0 Å². The Kier molecular flexibility index (Phi) is 8.90. The minimum absolute atomic E-state index is 0.0538. The lowest BCUT2D eigenvalue weighted by molar-refractivity contribution is -0.149. The van der Waals surface area contributed by atoms with Crippen LogP contribution in [-0.2, 0) is 19.7 Å². The third-order valence-electron chi connectivity index (χ3n) is 8.30. The zero-order valence-electron chi connectivity index (χ0n) is 24.5. The van der Waals surface area contributed by atoms with Gasteiger partial charge in [-0.25, -0.2) is 4.98 Å². The molecule has 0 unspecified atom stereocenters. The van der Waals surface area contributed by atoms with Crippen molar-refractivity contribution in [3.8, 4) is 5.88 Å². The molecule has 3 aromatic rings. The summed E-state index contributed by atoms with van der Waals surface area (Å²) in [6.07, 6.45) is 3.85. The second-order valence-electron chi connectivity index (χ2n) is 11.3. The van der Waals surface area contributed by atoms with E-state index in [1.807, 2.05) is 80.3 Å². The maximum atomic E-state index is 14.0. The topological polar surface area (TPSA) is 97.8 Å². The van der Waals surface area contributed by atoms with Gasteiger partial charge >= 0.3 is 5.97 Å². The number of pyridine rings is 1. The van der Waals surface area contributed by atoms with Gasteiger partial charge in [0.25, 0.3) is 5.91 Å². The molecule has 42 heavy (non-hydrogen) atoms. The number of carbonyl (C=O) groups is 3. The average Bonchev–Trinajstić information content (AvgIpc) is 3.01. The first kappa shape index (κ1) is 29.3.